The molecule has 6 heteroatoms. The van der Waals surface area contributed by atoms with E-state index in [2.05, 4.69) is 10.3 Å². The Bertz CT molecular complexity index is 465. The molecule has 0 atom stereocenters. The van der Waals surface area contributed by atoms with Gasteiger partial charge in [0, 0.05) is 25.7 Å². The van der Waals surface area contributed by atoms with Crippen molar-refractivity contribution >= 4 is 23.2 Å². The standard InChI is InChI=1S/C10H11Cl2N3O/c1-15-8(9(11)14-10(15)12)5-13-4-7-2-3-16-6-7/h2-3,6,13H,4-5H2,1H3. The lowest BCUT2D eigenvalue weighted by Crippen LogP contribution is -2.14. The predicted molar refractivity (Wildman–Crippen MR) is 62.5 cm³/mol. The van der Waals surface area contributed by atoms with Gasteiger partial charge in [0.1, 0.15) is 0 Å². The van der Waals surface area contributed by atoms with Crippen LogP contribution < -0.4 is 5.32 Å². The van der Waals surface area contributed by atoms with Crippen LogP contribution in [0.2, 0.25) is 10.4 Å². The van der Waals surface area contributed by atoms with Crippen molar-refractivity contribution in [3.8, 4) is 0 Å². The lowest BCUT2D eigenvalue weighted by atomic mass is 10.3. The highest BCUT2D eigenvalue weighted by atomic mass is 35.5. The minimum atomic E-state index is 0.394. The summed E-state index contributed by atoms with van der Waals surface area (Å²) in [7, 11) is 1.83. The second-order valence-electron chi connectivity index (χ2n) is 3.41. The molecule has 2 aromatic heterocycles. The van der Waals surface area contributed by atoms with Crippen molar-refractivity contribution in [1.29, 1.82) is 0 Å². The van der Waals surface area contributed by atoms with Crippen molar-refractivity contribution in [3.05, 3.63) is 40.3 Å². The van der Waals surface area contributed by atoms with Gasteiger partial charge in [-0.15, -0.1) is 0 Å². The van der Waals surface area contributed by atoms with Crippen LogP contribution in [0, 0.1) is 0 Å². The number of furan rings is 1. The molecule has 0 saturated carbocycles. The quantitative estimate of drug-likeness (QED) is 0.918. The van der Waals surface area contributed by atoms with Gasteiger partial charge in [0.15, 0.2) is 5.15 Å². The SMILES string of the molecule is Cn1c(Cl)nc(Cl)c1CNCc1ccoc1. The maximum atomic E-state index is 5.94. The summed E-state index contributed by atoms with van der Waals surface area (Å²) in [6.07, 6.45) is 3.34. The first kappa shape index (κ1) is 11.5. The third kappa shape index (κ3) is 2.40. The lowest BCUT2D eigenvalue weighted by Gasteiger charge is -2.04. The van der Waals surface area contributed by atoms with Crippen LogP contribution in [0.25, 0.3) is 0 Å². The fraction of sp³-hybridized carbons (Fsp3) is 0.300. The topological polar surface area (TPSA) is 43.0 Å². The summed E-state index contributed by atoms with van der Waals surface area (Å²) in [6.45, 7) is 1.33. The third-order valence-electron chi connectivity index (χ3n) is 2.31. The number of nitrogens with one attached hydrogen (secondary N) is 1. The average Bonchev–Trinajstić information content (AvgIpc) is 2.82. The fourth-order valence-corrected chi connectivity index (χ4v) is 1.88. The van der Waals surface area contributed by atoms with E-state index in [1.165, 1.54) is 0 Å². The third-order valence-corrected chi connectivity index (χ3v) is 2.95. The van der Waals surface area contributed by atoms with E-state index in [0.717, 1.165) is 17.8 Å². The molecule has 0 unspecified atom stereocenters. The van der Waals surface area contributed by atoms with E-state index < -0.39 is 0 Å². The number of halogens is 2. The Kier molecular flexibility index (Phi) is 3.53. The van der Waals surface area contributed by atoms with Gasteiger partial charge in [0.05, 0.1) is 18.2 Å². The van der Waals surface area contributed by atoms with Crippen LogP contribution in [-0.2, 0) is 20.1 Å². The molecular formula is C10H11Cl2N3O. The molecule has 4 nitrogen and oxygen atoms in total. The molecule has 0 radical (unpaired) electrons. The summed E-state index contributed by atoms with van der Waals surface area (Å²) in [5.74, 6) is 0. The number of rotatable bonds is 4. The first-order valence-corrected chi connectivity index (χ1v) is 5.52. The van der Waals surface area contributed by atoms with Crippen LogP contribution in [0.15, 0.2) is 23.0 Å². The zero-order valence-electron chi connectivity index (χ0n) is 8.70. The Morgan fingerprint density at radius 2 is 2.25 bits per heavy atom. The Hall–Kier alpha value is -0.970. The van der Waals surface area contributed by atoms with Crippen LogP contribution in [0.3, 0.4) is 0 Å². The van der Waals surface area contributed by atoms with E-state index in [-0.39, 0.29) is 0 Å². The number of hydrogen-bond acceptors (Lipinski definition) is 3. The molecule has 0 amide bonds. The molecule has 0 aliphatic heterocycles. The van der Waals surface area contributed by atoms with Gasteiger partial charge >= 0.3 is 0 Å². The van der Waals surface area contributed by atoms with Gasteiger partial charge < -0.3 is 14.3 Å². The highest BCUT2D eigenvalue weighted by Gasteiger charge is 2.10. The Labute approximate surface area is 103 Å². The van der Waals surface area contributed by atoms with E-state index in [1.807, 2.05) is 13.1 Å². The summed E-state index contributed by atoms with van der Waals surface area (Å²) in [5, 5.41) is 4.07. The molecule has 0 saturated heterocycles. The Morgan fingerprint density at radius 1 is 1.44 bits per heavy atom. The van der Waals surface area contributed by atoms with Gasteiger partial charge in [-0.05, 0) is 17.7 Å². The summed E-state index contributed by atoms with van der Waals surface area (Å²) in [4.78, 5) is 3.96. The monoisotopic (exact) mass is 259 g/mol. The van der Waals surface area contributed by atoms with Crippen LogP contribution in [0.5, 0.6) is 0 Å². The average molecular weight is 260 g/mol. The van der Waals surface area contributed by atoms with Gasteiger partial charge in [0.25, 0.3) is 0 Å². The molecule has 16 heavy (non-hydrogen) atoms. The largest absolute Gasteiger partial charge is 0.472 e. The van der Waals surface area contributed by atoms with Crippen molar-refractivity contribution in [2.24, 2.45) is 7.05 Å². The fourth-order valence-electron chi connectivity index (χ4n) is 1.38. The van der Waals surface area contributed by atoms with Crippen LogP contribution in [-0.4, -0.2) is 9.55 Å². The second-order valence-corrected chi connectivity index (χ2v) is 4.11. The number of aromatic nitrogens is 2. The van der Waals surface area contributed by atoms with Crippen LogP contribution in [0.4, 0.5) is 0 Å². The second kappa shape index (κ2) is 4.91. The minimum Gasteiger partial charge on any atom is -0.472 e. The van der Waals surface area contributed by atoms with Gasteiger partial charge in [0.2, 0.25) is 5.28 Å². The summed E-state index contributed by atoms with van der Waals surface area (Å²) in [6, 6.07) is 1.91. The molecule has 2 rings (SSSR count). The molecule has 0 aromatic carbocycles. The zero-order valence-corrected chi connectivity index (χ0v) is 10.2. The maximum absolute atomic E-state index is 5.94. The van der Waals surface area contributed by atoms with Crippen LogP contribution in [0.1, 0.15) is 11.3 Å². The molecule has 0 fully saturated rings. The van der Waals surface area contributed by atoms with Gasteiger partial charge in [-0.1, -0.05) is 11.6 Å². The molecule has 1 N–H and O–H groups in total. The van der Waals surface area contributed by atoms with Gasteiger partial charge in [-0.25, -0.2) is 4.98 Å². The number of nitrogens with zero attached hydrogens (tertiary/aromatic N) is 2. The molecular weight excluding hydrogens is 249 g/mol. The summed E-state index contributed by atoms with van der Waals surface area (Å²) >= 11 is 11.8. The molecule has 0 aliphatic rings. The summed E-state index contributed by atoms with van der Waals surface area (Å²) in [5.41, 5.74) is 1.96. The Balaban J connectivity index is 1.95. The van der Waals surface area contributed by atoms with E-state index in [1.54, 1.807) is 17.1 Å². The van der Waals surface area contributed by atoms with E-state index in [4.69, 9.17) is 27.6 Å². The van der Waals surface area contributed by atoms with Crippen molar-refractivity contribution in [3.63, 3.8) is 0 Å². The van der Waals surface area contributed by atoms with Crippen molar-refractivity contribution in [2.45, 2.75) is 13.1 Å². The molecule has 2 heterocycles. The number of hydrogen-bond donors (Lipinski definition) is 1. The molecule has 0 aliphatic carbocycles. The highest BCUT2D eigenvalue weighted by molar-refractivity contribution is 6.32. The van der Waals surface area contributed by atoms with E-state index >= 15 is 0 Å². The van der Waals surface area contributed by atoms with Gasteiger partial charge in [-0.3, -0.25) is 0 Å². The zero-order chi connectivity index (χ0) is 11.5. The Morgan fingerprint density at radius 3 is 2.81 bits per heavy atom. The van der Waals surface area contributed by atoms with Crippen molar-refractivity contribution < 1.29 is 4.42 Å². The summed E-state index contributed by atoms with van der Waals surface area (Å²) < 4.78 is 6.72. The smallest absolute Gasteiger partial charge is 0.204 e. The molecule has 0 bridgehead atoms. The number of imidazole rings is 1. The van der Waals surface area contributed by atoms with Crippen molar-refractivity contribution in [2.75, 3.05) is 0 Å². The normalized spacial score (nSPS) is 10.9. The molecule has 86 valence electrons. The first-order valence-electron chi connectivity index (χ1n) is 4.77. The lowest BCUT2D eigenvalue weighted by molar-refractivity contribution is 0.559. The maximum Gasteiger partial charge on any atom is 0.204 e. The molecule has 0 spiro atoms. The van der Waals surface area contributed by atoms with Gasteiger partial charge in [-0.2, -0.15) is 0 Å². The minimum absolute atomic E-state index is 0.394. The van der Waals surface area contributed by atoms with Crippen LogP contribution >= 0.6 is 23.2 Å². The predicted octanol–water partition coefficient (Wildman–Crippen LogP) is 2.61. The molecule has 2 aromatic rings. The van der Waals surface area contributed by atoms with Crippen molar-refractivity contribution in [1.82, 2.24) is 14.9 Å². The first-order chi connectivity index (χ1) is 7.68. The highest BCUT2D eigenvalue weighted by Crippen LogP contribution is 2.19. The van der Waals surface area contributed by atoms with E-state index in [9.17, 15) is 0 Å². The van der Waals surface area contributed by atoms with E-state index in [0.29, 0.717) is 17.0 Å².